The average Bonchev–Trinajstić information content (AvgIpc) is 3.04. The third-order valence-corrected chi connectivity index (χ3v) is 4.70. The van der Waals surface area contributed by atoms with Crippen LogP contribution < -0.4 is 5.32 Å². The number of rotatable bonds is 5. The molecule has 7 heteroatoms. The van der Waals surface area contributed by atoms with Crippen LogP contribution in [0.3, 0.4) is 0 Å². The van der Waals surface area contributed by atoms with E-state index in [0.717, 1.165) is 15.4 Å². The Morgan fingerprint density at radius 1 is 1.58 bits per heavy atom. The van der Waals surface area contributed by atoms with Crippen LogP contribution in [0.1, 0.15) is 38.1 Å². The fourth-order valence-corrected chi connectivity index (χ4v) is 3.16. The third-order valence-electron chi connectivity index (χ3n) is 2.75. The maximum atomic E-state index is 11.5. The van der Waals surface area contributed by atoms with Crippen LogP contribution >= 0.6 is 22.7 Å². The summed E-state index contributed by atoms with van der Waals surface area (Å²) in [6.45, 7) is 4.74. The number of aryl methyl sites for hydroxylation is 1. The molecule has 1 N–H and O–H groups in total. The predicted octanol–water partition coefficient (Wildman–Crippen LogP) is 2.55. The topological polar surface area (TPSA) is 64.1 Å². The standard InChI is InChI=1S/C12H15N3O2S2/c1-7(11-15-14-6-18-11)13-5-9-4-10(12(16)17-3)19-8(9)2/h4,6-7,13H,5H2,1-3H3. The summed E-state index contributed by atoms with van der Waals surface area (Å²) in [4.78, 5) is 13.2. The Morgan fingerprint density at radius 3 is 3.00 bits per heavy atom. The van der Waals surface area contributed by atoms with Gasteiger partial charge in [0.15, 0.2) is 0 Å². The summed E-state index contributed by atoms with van der Waals surface area (Å²) in [6, 6.07) is 2.03. The number of nitrogens with zero attached hydrogens (tertiary/aromatic N) is 2. The molecule has 0 aliphatic carbocycles. The normalized spacial score (nSPS) is 12.4. The van der Waals surface area contributed by atoms with E-state index in [-0.39, 0.29) is 12.0 Å². The lowest BCUT2D eigenvalue weighted by Gasteiger charge is -2.09. The van der Waals surface area contributed by atoms with Crippen LogP contribution in [0.15, 0.2) is 11.6 Å². The number of aromatic nitrogens is 2. The fraction of sp³-hybridized carbons (Fsp3) is 0.417. The van der Waals surface area contributed by atoms with Crippen molar-refractivity contribution in [3.8, 4) is 0 Å². The van der Waals surface area contributed by atoms with E-state index in [0.29, 0.717) is 11.4 Å². The van der Waals surface area contributed by atoms with Crippen LogP contribution in [-0.4, -0.2) is 23.3 Å². The molecule has 0 spiro atoms. The van der Waals surface area contributed by atoms with Gasteiger partial charge in [0.1, 0.15) is 15.4 Å². The smallest absolute Gasteiger partial charge is 0.348 e. The van der Waals surface area contributed by atoms with Crippen molar-refractivity contribution in [2.24, 2.45) is 0 Å². The minimum Gasteiger partial charge on any atom is -0.465 e. The molecule has 0 aromatic carbocycles. The van der Waals surface area contributed by atoms with Crippen LogP contribution in [0.5, 0.6) is 0 Å². The number of thiophene rings is 1. The van der Waals surface area contributed by atoms with E-state index in [1.807, 2.05) is 19.9 Å². The van der Waals surface area contributed by atoms with Crippen molar-refractivity contribution in [2.75, 3.05) is 7.11 Å². The van der Waals surface area contributed by atoms with Crippen LogP contribution in [0.2, 0.25) is 0 Å². The molecular weight excluding hydrogens is 282 g/mol. The van der Waals surface area contributed by atoms with Gasteiger partial charge >= 0.3 is 5.97 Å². The number of esters is 1. The SMILES string of the molecule is COC(=O)c1cc(CNC(C)c2nncs2)c(C)s1. The molecule has 2 heterocycles. The highest BCUT2D eigenvalue weighted by molar-refractivity contribution is 7.14. The molecule has 0 saturated heterocycles. The summed E-state index contributed by atoms with van der Waals surface area (Å²) in [7, 11) is 1.40. The van der Waals surface area contributed by atoms with E-state index < -0.39 is 0 Å². The molecule has 0 aliphatic rings. The summed E-state index contributed by atoms with van der Waals surface area (Å²) in [5.74, 6) is -0.281. The van der Waals surface area contributed by atoms with Gasteiger partial charge in [-0.15, -0.1) is 32.9 Å². The van der Waals surface area contributed by atoms with E-state index in [2.05, 4.69) is 15.5 Å². The molecule has 1 unspecified atom stereocenters. The molecule has 102 valence electrons. The molecule has 0 bridgehead atoms. The quantitative estimate of drug-likeness (QED) is 0.859. The molecule has 0 radical (unpaired) electrons. The van der Waals surface area contributed by atoms with Gasteiger partial charge in [-0.2, -0.15) is 0 Å². The first-order valence-corrected chi connectivity index (χ1v) is 7.48. The van der Waals surface area contributed by atoms with E-state index >= 15 is 0 Å². The van der Waals surface area contributed by atoms with Crippen LogP contribution in [0, 0.1) is 6.92 Å². The number of carbonyl (C=O) groups excluding carboxylic acids is 1. The van der Waals surface area contributed by atoms with Gasteiger partial charge in [0.25, 0.3) is 0 Å². The number of hydrogen-bond acceptors (Lipinski definition) is 7. The van der Waals surface area contributed by atoms with Gasteiger partial charge in [0.2, 0.25) is 0 Å². The van der Waals surface area contributed by atoms with Crippen molar-refractivity contribution in [3.63, 3.8) is 0 Å². The minimum absolute atomic E-state index is 0.147. The van der Waals surface area contributed by atoms with Crippen LogP contribution in [0.25, 0.3) is 0 Å². The van der Waals surface area contributed by atoms with Crippen molar-refractivity contribution in [3.05, 3.63) is 31.9 Å². The Kier molecular flexibility index (Phi) is 4.62. The van der Waals surface area contributed by atoms with Gasteiger partial charge in [-0.05, 0) is 25.5 Å². The van der Waals surface area contributed by atoms with E-state index in [9.17, 15) is 4.79 Å². The Hall–Kier alpha value is -1.31. The Balaban J connectivity index is 2.00. The van der Waals surface area contributed by atoms with Crippen molar-refractivity contribution in [1.82, 2.24) is 15.5 Å². The number of hydrogen-bond donors (Lipinski definition) is 1. The molecule has 0 amide bonds. The van der Waals surface area contributed by atoms with Crippen LogP contribution in [0.4, 0.5) is 0 Å². The highest BCUT2D eigenvalue weighted by Crippen LogP contribution is 2.23. The highest BCUT2D eigenvalue weighted by Gasteiger charge is 2.14. The molecular formula is C12H15N3O2S2. The van der Waals surface area contributed by atoms with Crippen LogP contribution in [-0.2, 0) is 11.3 Å². The van der Waals surface area contributed by atoms with Crippen molar-refractivity contribution >= 4 is 28.6 Å². The summed E-state index contributed by atoms with van der Waals surface area (Å²) < 4.78 is 4.72. The number of nitrogens with one attached hydrogen (secondary N) is 1. The van der Waals surface area contributed by atoms with E-state index in [1.54, 1.807) is 5.51 Å². The largest absolute Gasteiger partial charge is 0.465 e. The zero-order valence-electron chi connectivity index (χ0n) is 11.0. The first kappa shape index (κ1) is 14.1. The van der Waals surface area contributed by atoms with Crippen molar-refractivity contribution < 1.29 is 9.53 Å². The monoisotopic (exact) mass is 297 g/mol. The minimum atomic E-state index is -0.281. The molecule has 0 saturated carbocycles. The second-order valence-electron chi connectivity index (χ2n) is 4.06. The lowest BCUT2D eigenvalue weighted by atomic mass is 10.2. The first-order chi connectivity index (χ1) is 9.11. The lowest BCUT2D eigenvalue weighted by Crippen LogP contribution is -2.18. The zero-order valence-corrected chi connectivity index (χ0v) is 12.6. The summed E-state index contributed by atoms with van der Waals surface area (Å²) in [6.07, 6.45) is 0. The Bertz CT molecular complexity index is 551. The molecule has 19 heavy (non-hydrogen) atoms. The average molecular weight is 297 g/mol. The fourth-order valence-electron chi connectivity index (χ4n) is 1.62. The molecule has 2 aromatic rings. The Labute approximate surface area is 119 Å². The molecule has 0 fully saturated rings. The second kappa shape index (κ2) is 6.23. The molecule has 5 nitrogen and oxygen atoms in total. The zero-order chi connectivity index (χ0) is 13.8. The number of ether oxygens (including phenoxy) is 1. The molecule has 2 rings (SSSR count). The van der Waals surface area contributed by atoms with Gasteiger partial charge in [-0.3, -0.25) is 0 Å². The van der Waals surface area contributed by atoms with Gasteiger partial charge < -0.3 is 10.1 Å². The Morgan fingerprint density at radius 2 is 2.37 bits per heavy atom. The summed E-state index contributed by atoms with van der Waals surface area (Å²) in [5, 5.41) is 12.2. The highest BCUT2D eigenvalue weighted by atomic mass is 32.1. The lowest BCUT2D eigenvalue weighted by molar-refractivity contribution is 0.0606. The molecule has 2 aromatic heterocycles. The maximum absolute atomic E-state index is 11.5. The van der Waals surface area contributed by atoms with Crippen molar-refractivity contribution in [1.29, 1.82) is 0 Å². The van der Waals surface area contributed by atoms with Gasteiger partial charge in [0, 0.05) is 11.4 Å². The predicted molar refractivity (Wildman–Crippen MR) is 75.6 cm³/mol. The second-order valence-corrected chi connectivity index (χ2v) is 6.18. The van der Waals surface area contributed by atoms with Crippen molar-refractivity contribution in [2.45, 2.75) is 26.4 Å². The van der Waals surface area contributed by atoms with Gasteiger partial charge in [0.05, 0.1) is 13.2 Å². The van der Waals surface area contributed by atoms with Gasteiger partial charge in [-0.25, -0.2) is 4.79 Å². The van der Waals surface area contributed by atoms with E-state index in [1.165, 1.54) is 29.8 Å². The number of carbonyl (C=O) groups is 1. The molecule has 0 aliphatic heterocycles. The third kappa shape index (κ3) is 3.37. The number of methoxy groups -OCH3 is 1. The maximum Gasteiger partial charge on any atom is 0.348 e. The van der Waals surface area contributed by atoms with Gasteiger partial charge in [-0.1, -0.05) is 0 Å². The summed E-state index contributed by atoms with van der Waals surface area (Å²) >= 11 is 2.98. The van der Waals surface area contributed by atoms with E-state index in [4.69, 9.17) is 4.74 Å². The molecule has 1 atom stereocenters. The summed E-state index contributed by atoms with van der Waals surface area (Å²) in [5.41, 5.74) is 2.83. The first-order valence-electron chi connectivity index (χ1n) is 5.79.